The number of benzene rings is 2. The van der Waals surface area contributed by atoms with E-state index < -0.39 is 12.2 Å². The number of halogens is 1. The monoisotopic (exact) mass is 274 g/mol. The van der Waals surface area contributed by atoms with E-state index in [0.29, 0.717) is 16.3 Å². The molecule has 0 saturated heterocycles. The molecule has 19 heavy (non-hydrogen) atoms. The van der Waals surface area contributed by atoms with Crippen LogP contribution in [0.4, 0.5) is 0 Å². The summed E-state index contributed by atoms with van der Waals surface area (Å²) >= 11 is 5.90. The Morgan fingerprint density at radius 1 is 1.11 bits per heavy atom. The third-order valence-corrected chi connectivity index (χ3v) is 3.38. The molecule has 0 radical (unpaired) electrons. The number of Topliss-reactive ketones (excluding diaryl/α,β-unsaturated/α-hetero) is 1. The van der Waals surface area contributed by atoms with Crippen molar-refractivity contribution in [1.29, 1.82) is 0 Å². The Balaban J connectivity index is 2.05. The first kappa shape index (κ1) is 12.2. The van der Waals surface area contributed by atoms with Gasteiger partial charge in [-0.05, 0) is 23.8 Å². The molecule has 1 aliphatic heterocycles. The van der Waals surface area contributed by atoms with Crippen molar-refractivity contribution < 1.29 is 14.6 Å². The predicted molar refractivity (Wildman–Crippen MR) is 71.6 cm³/mol. The highest BCUT2D eigenvalue weighted by Gasteiger charge is 2.36. The topological polar surface area (TPSA) is 46.5 Å². The lowest BCUT2D eigenvalue weighted by Gasteiger charge is -2.29. The predicted octanol–water partition coefficient (Wildman–Crippen LogP) is 3.02. The van der Waals surface area contributed by atoms with Crippen LogP contribution in [0.1, 0.15) is 22.0 Å². The molecule has 2 aromatic carbocycles. The second kappa shape index (κ2) is 4.68. The van der Waals surface area contributed by atoms with Crippen LogP contribution in [0.15, 0.2) is 48.5 Å². The van der Waals surface area contributed by atoms with E-state index in [1.807, 2.05) is 30.3 Å². The minimum Gasteiger partial charge on any atom is -0.482 e. The van der Waals surface area contributed by atoms with Crippen LogP contribution in [0.25, 0.3) is 0 Å². The van der Waals surface area contributed by atoms with E-state index in [9.17, 15) is 9.90 Å². The van der Waals surface area contributed by atoms with Gasteiger partial charge >= 0.3 is 0 Å². The zero-order chi connectivity index (χ0) is 13.4. The van der Waals surface area contributed by atoms with Crippen LogP contribution >= 0.6 is 11.6 Å². The van der Waals surface area contributed by atoms with Gasteiger partial charge in [0.05, 0.1) is 5.56 Å². The van der Waals surface area contributed by atoms with Crippen molar-refractivity contribution in [3.05, 3.63) is 64.7 Å². The first-order valence-corrected chi connectivity index (χ1v) is 6.28. The molecule has 2 aromatic rings. The van der Waals surface area contributed by atoms with Crippen LogP contribution < -0.4 is 4.74 Å². The smallest absolute Gasteiger partial charge is 0.199 e. The number of ketones is 1. The maximum absolute atomic E-state index is 12.1. The van der Waals surface area contributed by atoms with Gasteiger partial charge in [0.25, 0.3) is 0 Å². The van der Waals surface area contributed by atoms with Gasteiger partial charge in [-0.25, -0.2) is 0 Å². The molecule has 0 aliphatic carbocycles. The van der Waals surface area contributed by atoms with E-state index in [2.05, 4.69) is 0 Å². The Labute approximate surface area is 115 Å². The zero-order valence-electron chi connectivity index (χ0n) is 9.92. The van der Waals surface area contributed by atoms with Crippen molar-refractivity contribution in [2.24, 2.45) is 0 Å². The van der Waals surface area contributed by atoms with Crippen molar-refractivity contribution in [2.45, 2.75) is 12.2 Å². The fourth-order valence-corrected chi connectivity index (χ4v) is 2.35. The van der Waals surface area contributed by atoms with Crippen LogP contribution in [0, 0.1) is 0 Å². The quantitative estimate of drug-likeness (QED) is 0.869. The summed E-state index contributed by atoms with van der Waals surface area (Å²) in [7, 11) is 0. The van der Waals surface area contributed by atoms with Crippen molar-refractivity contribution in [3.8, 4) is 5.75 Å². The summed E-state index contributed by atoms with van der Waals surface area (Å²) in [6, 6.07) is 13.9. The van der Waals surface area contributed by atoms with Crippen LogP contribution in [-0.4, -0.2) is 17.0 Å². The number of aliphatic hydroxyl groups excluding tert-OH is 1. The van der Waals surface area contributed by atoms with E-state index in [1.165, 1.54) is 0 Å². The SMILES string of the molecule is O=C1c2ccc(Cl)cc2OC(c2ccccc2)C1O. The Morgan fingerprint density at radius 2 is 1.84 bits per heavy atom. The molecule has 2 atom stereocenters. The summed E-state index contributed by atoms with van der Waals surface area (Å²) in [5.41, 5.74) is 1.12. The Bertz CT molecular complexity index is 625. The summed E-state index contributed by atoms with van der Waals surface area (Å²) in [6.07, 6.45) is -1.89. The van der Waals surface area contributed by atoms with Crippen molar-refractivity contribution in [2.75, 3.05) is 0 Å². The van der Waals surface area contributed by atoms with E-state index in [-0.39, 0.29) is 5.78 Å². The molecule has 3 nitrogen and oxygen atoms in total. The van der Waals surface area contributed by atoms with Crippen molar-refractivity contribution in [3.63, 3.8) is 0 Å². The highest BCUT2D eigenvalue weighted by molar-refractivity contribution is 6.31. The zero-order valence-corrected chi connectivity index (χ0v) is 10.7. The molecule has 96 valence electrons. The first-order chi connectivity index (χ1) is 9.16. The Kier molecular flexibility index (Phi) is 3.01. The van der Waals surface area contributed by atoms with Gasteiger partial charge in [-0.2, -0.15) is 0 Å². The van der Waals surface area contributed by atoms with Crippen molar-refractivity contribution in [1.82, 2.24) is 0 Å². The number of fused-ring (bicyclic) bond motifs is 1. The van der Waals surface area contributed by atoms with Gasteiger partial charge in [0, 0.05) is 5.02 Å². The lowest BCUT2D eigenvalue weighted by Crippen LogP contribution is -2.36. The fraction of sp³-hybridized carbons (Fsp3) is 0.133. The van der Waals surface area contributed by atoms with E-state index in [0.717, 1.165) is 5.56 Å². The molecule has 2 unspecified atom stereocenters. The molecule has 0 amide bonds. The number of aliphatic hydroxyl groups is 1. The van der Waals surface area contributed by atoms with Gasteiger partial charge in [-0.15, -0.1) is 0 Å². The second-order valence-corrected chi connectivity index (χ2v) is 4.84. The molecule has 3 rings (SSSR count). The average Bonchev–Trinajstić information content (AvgIpc) is 2.43. The molecule has 4 heteroatoms. The van der Waals surface area contributed by atoms with Crippen LogP contribution in [0.2, 0.25) is 5.02 Å². The van der Waals surface area contributed by atoms with E-state index in [1.54, 1.807) is 18.2 Å². The standard InChI is InChI=1S/C15H11ClO3/c16-10-6-7-11-12(8-10)19-15(14(18)13(11)17)9-4-2-1-3-5-9/h1-8,14-15,18H. The third-order valence-electron chi connectivity index (χ3n) is 3.15. The summed E-state index contributed by atoms with van der Waals surface area (Å²) in [5.74, 6) is 0.0726. The molecule has 0 spiro atoms. The maximum Gasteiger partial charge on any atom is 0.199 e. The third kappa shape index (κ3) is 2.11. The molecule has 0 bridgehead atoms. The first-order valence-electron chi connectivity index (χ1n) is 5.90. The molecule has 0 aromatic heterocycles. The summed E-state index contributed by atoms with van der Waals surface area (Å²) < 4.78 is 5.73. The average molecular weight is 275 g/mol. The summed E-state index contributed by atoms with van der Waals surface area (Å²) in [6.45, 7) is 0. The normalized spacial score (nSPS) is 21.7. The van der Waals surface area contributed by atoms with Crippen LogP contribution in [0.3, 0.4) is 0 Å². The van der Waals surface area contributed by atoms with Crippen LogP contribution in [-0.2, 0) is 0 Å². The highest BCUT2D eigenvalue weighted by atomic mass is 35.5. The van der Waals surface area contributed by atoms with Gasteiger partial charge in [0.15, 0.2) is 18.0 Å². The number of hydrogen-bond acceptors (Lipinski definition) is 3. The highest BCUT2D eigenvalue weighted by Crippen LogP contribution is 2.36. The number of carbonyl (C=O) groups is 1. The largest absolute Gasteiger partial charge is 0.482 e. The Hall–Kier alpha value is -1.84. The number of hydrogen-bond donors (Lipinski definition) is 1. The Morgan fingerprint density at radius 3 is 2.58 bits per heavy atom. The number of ether oxygens (including phenoxy) is 1. The molecular formula is C15H11ClO3. The summed E-state index contributed by atoms with van der Waals surface area (Å²) in [5, 5.41) is 10.6. The molecular weight excluding hydrogens is 264 g/mol. The van der Waals surface area contributed by atoms with E-state index in [4.69, 9.17) is 16.3 Å². The molecule has 1 N–H and O–H groups in total. The minimum absolute atomic E-state index is 0.341. The van der Waals surface area contributed by atoms with E-state index >= 15 is 0 Å². The lowest BCUT2D eigenvalue weighted by atomic mass is 9.94. The lowest BCUT2D eigenvalue weighted by molar-refractivity contribution is 0.0216. The molecule has 0 saturated carbocycles. The van der Waals surface area contributed by atoms with Gasteiger partial charge < -0.3 is 9.84 Å². The number of carbonyl (C=O) groups excluding carboxylic acids is 1. The molecule has 0 fully saturated rings. The van der Waals surface area contributed by atoms with Gasteiger partial charge in [0.1, 0.15) is 5.75 Å². The van der Waals surface area contributed by atoms with Crippen molar-refractivity contribution >= 4 is 17.4 Å². The van der Waals surface area contributed by atoms with Gasteiger partial charge in [0.2, 0.25) is 0 Å². The molecule has 1 heterocycles. The van der Waals surface area contributed by atoms with Gasteiger partial charge in [-0.1, -0.05) is 41.9 Å². The minimum atomic E-state index is -1.20. The maximum atomic E-state index is 12.1. The fourth-order valence-electron chi connectivity index (χ4n) is 2.19. The van der Waals surface area contributed by atoms with Crippen LogP contribution in [0.5, 0.6) is 5.75 Å². The number of rotatable bonds is 1. The molecule has 1 aliphatic rings. The second-order valence-electron chi connectivity index (χ2n) is 4.40. The van der Waals surface area contributed by atoms with Gasteiger partial charge in [-0.3, -0.25) is 4.79 Å². The summed E-state index contributed by atoms with van der Waals surface area (Å²) in [4.78, 5) is 12.1.